The number of aryl methyl sites for hydroxylation is 1. The average Bonchev–Trinajstić information content (AvgIpc) is 3.69. The van der Waals surface area contributed by atoms with Crippen LogP contribution in [0.1, 0.15) is 44.2 Å². The molecular formula is C28H35N7O. The van der Waals surface area contributed by atoms with E-state index < -0.39 is 0 Å². The van der Waals surface area contributed by atoms with Gasteiger partial charge in [0.2, 0.25) is 0 Å². The van der Waals surface area contributed by atoms with Crippen molar-refractivity contribution < 1.29 is 4.79 Å². The van der Waals surface area contributed by atoms with Crippen molar-refractivity contribution in [3.8, 4) is 11.3 Å². The van der Waals surface area contributed by atoms with Crippen LogP contribution in [0.4, 0.5) is 4.79 Å². The van der Waals surface area contributed by atoms with Crippen LogP contribution in [0.5, 0.6) is 0 Å². The summed E-state index contributed by atoms with van der Waals surface area (Å²) in [6.07, 6.45) is 10.0. The number of likely N-dealkylation sites (tertiary alicyclic amines) is 1. The molecule has 1 atom stereocenters. The van der Waals surface area contributed by atoms with E-state index in [0.717, 1.165) is 86.0 Å². The Bertz CT molecular complexity index is 1320. The van der Waals surface area contributed by atoms with Gasteiger partial charge in [0.1, 0.15) is 0 Å². The van der Waals surface area contributed by atoms with Crippen molar-refractivity contribution in [1.82, 2.24) is 30.3 Å². The van der Waals surface area contributed by atoms with E-state index in [1.807, 2.05) is 42.4 Å². The Labute approximate surface area is 211 Å². The van der Waals surface area contributed by atoms with E-state index in [1.165, 1.54) is 5.69 Å². The van der Waals surface area contributed by atoms with Crippen LogP contribution in [0.15, 0.2) is 54.4 Å². The molecule has 0 radical (unpaired) electrons. The summed E-state index contributed by atoms with van der Waals surface area (Å²) in [5, 5.41) is 12.8. The maximum absolute atomic E-state index is 13.5. The number of nitrogens with two attached hydrogens (primary N) is 1. The Morgan fingerprint density at radius 2 is 1.94 bits per heavy atom. The normalized spacial score (nSPS) is 22.9. The fraction of sp³-hybridized carbons (Fsp3) is 0.464. The Morgan fingerprint density at radius 1 is 1.14 bits per heavy atom. The fourth-order valence-electron chi connectivity index (χ4n) is 6.65. The maximum atomic E-state index is 13.5. The third kappa shape index (κ3) is 3.75. The summed E-state index contributed by atoms with van der Waals surface area (Å²) >= 11 is 0. The van der Waals surface area contributed by atoms with Gasteiger partial charge in [-0.05, 0) is 50.0 Å². The molecule has 188 valence electrons. The number of urea groups is 1. The number of hydrogen-bond acceptors (Lipinski definition) is 5. The van der Waals surface area contributed by atoms with E-state index in [2.05, 4.69) is 38.5 Å². The molecule has 2 fully saturated rings. The van der Waals surface area contributed by atoms with Crippen LogP contribution in [0.3, 0.4) is 0 Å². The van der Waals surface area contributed by atoms with Crippen molar-refractivity contribution in [1.29, 1.82) is 0 Å². The first-order valence-corrected chi connectivity index (χ1v) is 13.1. The molecule has 1 aliphatic carbocycles. The van der Waals surface area contributed by atoms with E-state index in [1.54, 1.807) is 0 Å². The molecule has 2 aromatic heterocycles. The molecule has 4 heterocycles. The maximum Gasteiger partial charge on any atom is 0.318 e. The van der Waals surface area contributed by atoms with Crippen molar-refractivity contribution in [3.63, 3.8) is 0 Å². The van der Waals surface area contributed by atoms with Crippen molar-refractivity contribution in [3.05, 3.63) is 60.1 Å². The molecule has 1 aromatic carbocycles. The predicted molar refractivity (Wildman–Crippen MR) is 141 cm³/mol. The number of pyridine rings is 1. The second kappa shape index (κ2) is 8.92. The molecule has 2 amide bonds. The SMILES string of the molecule is CN/C(=C\CN)C1(NC(=O)N2CCC3(CCn4nc(-c5cnc6ccccc6c5)cc43)C2)CCCC1. The Hall–Kier alpha value is -3.39. The number of rotatable bonds is 5. The van der Waals surface area contributed by atoms with Crippen LogP contribution in [-0.4, -0.2) is 57.9 Å². The lowest BCUT2D eigenvalue weighted by atomic mass is 9.82. The molecule has 36 heavy (non-hydrogen) atoms. The van der Waals surface area contributed by atoms with Crippen LogP contribution in [-0.2, 0) is 12.0 Å². The number of likely N-dealkylation sites (N-methyl/N-ethyl adjacent to an activating group) is 1. The Balaban J connectivity index is 1.22. The fourth-order valence-corrected chi connectivity index (χ4v) is 6.65. The minimum absolute atomic E-state index is 0.0314. The van der Waals surface area contributed by atoms with Crippen LogP contribution in [0.2, 0.25) is 0 Å². The average molecular weight is 486 g/mol. The molecule has 1 saturated carbocycles. The van der Waals surface area contributed by atoms with Crippen molar-refractivity contribution >= 4 is 16.9 Å². The van der Waals surface area contributed by atoms with Gasteiger partial charge < -0.3 is 21.3 Å². The number of benzene rings is 1. The Morgan fingerprint density at radius 3 is 2.75 bits per heavy atom. The first kappa shape index (κ1) is 23.0. The number of aromatic nitrogens is 3. The number of nitrogens with one attached hydrogen (secondary N) is 2. The number of fused-ring (bicyclic) bond motifs is 3. The molecular weight excluding hydrogens is 450 g/mol. The number of nitrogens with zero attached hydrogens (tertiary/aromatic N) is 4. The summed E-state index contributed by atoms with van der Waals surface area (Å²) in [4.78, 5) is 20.2. The highest BCUT2D eigenvalue weighted by atomic mass is 16.2. The highest BCUT2D eigenvalue weighted by Crippen LogP contribution is 2.44. The summed E-state index contributed by atoms with van der Waals surface area (Å²) in [6.45, 7) is 2.83. The minimum atomic E-state index is -0.339. The molecule has 6 rings (SSSR count). The van der Waals surface area contributed by atoms with Gasteiger partial charge >= 0.3 is 6.03 Å². The van der Waals surface area contributed by atoms with Gasteiger partial charge in [-0.25, -0.2) is 4.79 Å². The number of amides is 2. The third-order valence-corrected chi connectivity index (χ3v) is 8.56. The second-order valence-corrected chi connectivity index (χ2v) is 10.6. The highest BCUT2D eigenvalue weighted by molar-refractivity contribution is 5.83. The molecule has 1 saturated heterocycles. The monoisotopic (exact) mass is 485 g/mol. The second-order valence-electron chi connectivity index (χ2n) is 10.6. The summed E-state index contributed by atoms with van der Waals surface area (Å²) in [5.41, 5.74) is 10.7. The Kier molecular flexibility index (Phi) is 5.71. The standard InChI is InChI=1S/C28H35N7O/c1-30-24(8-13-29)28(9-4-5-10-28)32-26(36)34-14-11-27(19-34)12-15-35-25(27)17-23(33-35)21-16-20-6-2-3-7-22(20)31-18-21/h2-3,6-8,16-18,30H,4-5,9-15,19,29H2,1H3,(H,32,36)/b24-8-. The third-order valence-electron chi connectivity index (χ3n) is 8.56. The summed E-state index contributed by atoms with van der Waals surface area (Å²) in [7, 11) is 1.92. The molecule has 0 bridgehead atoms. The zero-order valence-electron chi connectivity index (χ0n) is 21.0. The summed E-state index contributed by atoms with van der Waals surface area (Å²) in [6, 6.07) is 12.6. The quantitative estimate of drug-likeness (QED) is 0.513. The topological polar surface area (TPSA) is 101 Å². The molecule has 3 aliphatic rings. The van der Waals surface area contributed by atoms with Gasteiger partial charge in [-0.2, -0.15) is 5.10 Å². The van der Waals surface area contributed by atoms with Crippen molar-refractivity contribution in [2.24, 2.45) is 5.73 Å². The lowest BCUT2D eigenvalue weighted by Gasteiger charge is -2.35. The van der Waals surface area contributed by atoms with E-state index in [0.29, 0.717) is 6.54 Å². The molecule has 8 nitrogen and oxygen atoms in total. The van der Waals surface area contributed by atoms with Crippen LogP contribution < -0.4 is 16.4 Å². The van der Waals surface area contributed by atoms with E-state index >= 15 is 0 Å². The predicted octanol–water partition coefficient (Wildman–Crippen LogP) is 3.53. The van der Waals surface area contributed by atoms with Gasteiger partial charge in [-0.15, -0.1) is 0 Å². The lowest BCUT2D eigenvalue weighted by molar-refractivity contribution is 0.193. The minimum Gasteiger partial charge on any atom is -0.390 e. The van der Waals surface area contributed by atoms with Crippen LogP contribution in [0, 0.1) is 0 Å². The van der Waals surface area contributed by atoms with Gasteiger partial charge in [0.15, 0.2) is 0 Å². The van der Waals surface area contributed by atoms with Crippen molar-refractivity contribution in [2.45, 2.75) is 56.0 Å². The first-order chi connectivity index (χ1) is 17.6. The molecule has 1 unspecified atom stereocenters. The summed E-state index contributed by atoms with van der Waals surface area (Å²) < 4.78 is 2.15. The van der Waals surface area contributed by atoms with Gasteiger partial charge in [-0.1, -0.05) is 31.0 Å². The largest absolute Gasteiger partial charge is 0.390 e. The zero-order chi connectivity index (χ0) is 24.8. The van der Waals surface area contributed by atoms with E-state index in [4.69, 9.17) is 10.8 Å². The summed E-state index contributed by atoms with van der Waals surface area (Å²) in [5.74, 6) is 0. The van der Waals surface area contributed by atoms with Crippen LogP contribution in [0.25, 0.3) is 22.2 Å². The molecule has 3 aromatic rings. The van der Waals surface area contributed by atoms with E-state index in [-0.39, 0.29) is 17.0 Å². The zero-order valence-corrected chi connectivity index (χ0v) is 21.0. The smallest absolute Gasteiger partial charge is 0.318 e. The van der Waals surface area contributed by atoms with Gasteiger partial charge in [0.05, 0.1) is 16.7 Å². The molecule has 1 spiro atoms. The first-order valence-electron chi connectivity index (χ1n) is 13.1. The molecule has 4 N–H and O–H groups in total. The van der Waals surface area contributed by atoms with Crippen LogP contribution >= 0.6 is 0 Å². The van der Waals surface area contributed by atoms with Gasteiger partial charge in [-0.3, -0.25) is 9.67 Å². The van der Waals surface area contributed by atoms with Gasteiger partial charge in [0, 0.05) is 67.2 Å². The molecule has 8 heteroatoms. The highest BCUT2D eigenvalue weighted by Gasteiger charge is 2.48. The number of carbonyl (C=O) groups is 1. The number of carbonyl (C=O) groups excluding carboxylic acids is 1. The van der Waals surface area contributed by atoms with Gasteiger partial charge in [0.25, 0.3) is 0 Å². The number of para-hydroxylation sites is 1. The lowest BCUT2D eigenvalue weighted by Crippen LogP contribution is -2.55. The van der Waals surface area contributed by atoms with E-state index in [9.17, 15) is 4.79 Å². The number of hydrogen-bond donors (Lipinski definition) is 3. The van der Waals surface area contributed by atoms with Crippen molar-refractivity contribution in [2.75, 3.05) is 26.7 Å². The molecule has 2 aliphatic heterocycles.